The van der Waals surface area contributed by atoms with Crippen LogP contribution >= 0.6 is 23.2 Å². The van der Waals surface area contributed by atoms with Gasteiger partial charge in [0.05, 0.1) is 15.6 Å². The lowest BCUT2D eigenvalue weighted by molar-refractivity contribution is 0.103. The van der Waals surface area contributed by atoms with Crippen LogP contribution in [0.3, 0.4) is 0 Å². The molecule has 19 heavy (non-hydrogen) atoms. The minimum Gasteiger partial charge on any atom is -0.464 e. The number of para-hydroxylation sites is 1. The molecule has 0 atom stereocenters. The van der Waals surface area contributed by atoms with E-state index in [2.05, 4.69) is 0 Å². The van der Waals surface area contributed by atoms with E-state index in [-0.39, 0.29) is 10.8 Å². The van der Waals surface area contributed by atoms with Gasteiger partial charge in [-0.3, -0.25) is 4.79 Å². The van der Waals surface area contributed by atoms with E-state index in [1.807, 2.05) is 24.3 Å². The molecule has 2 aromatic carbocycles. The summed E-state index contributed by atoms with van der Waals surface area (Å²) in [7, 11) is 0. The molecular weight excluding hydrogens is 283 g/mol. The van der Waals surface area contributed by atoms with E-state index in [1.165, 1.54) is 6.26 Å². The van der Waals surface area contributed by atoms with E-state index < -0.39 is 0 Å². The summed E-state index contributed by atoms with van der Waals surface area (Å²) >= 11 is 12.0. The molecule has 0 saturated heterocycles. The van der Waals surface area contributed by atoms with Gasteiger partial charge < -0.3 is 4.42 Å². The van der Waals surface area contributed by atoms with Crippen LogP contribution < -0.4 is 0 Å². The zero-order valence-electron chi connectivity index (χ0n) is 9.69. The fourth-order valence-electron chi connectivity index (χ4n) is 1.98. The van der Waals surface area contributed by atoms with Crippen LogP contribution in [0.1, 0.15) is 15.9 Å². The molecule has 0 N–H and O–H groups in total. The maximum absolute atomic E-state index is 12.5. The van der Waals surface area contributed by atoms with E-state index in [1.54, 1.807) is 18.2 Å². The Morgan fingerprint density at radius 3 is 2.58 bits per heavy atom. The standard InChI is InChI=1S/C15H8Cl2O2/c16-12-6-3-5-10(14(12)17)15(18)11-8-19-13-7-2-1-4-9(11)13/h1-8H. The van der Waals surface area contributed by atoms with Crippen LogP contribution in [0.2, 0.25) is 10.0 Å². The largest absolute Gasteiger partial charge is 0.464 e. The average molecular weight is 291 g/mol. The zero-order valence-corrected chi connectivity index (χ0v) is 11.2. The molecule has 4 heteroatoms. The Labute approximate surface area is 119 Å². The predicted octanol–water partition coefficient (Wildman–Crippen LogP) is 4.97. The van der Waals surface area contributed by atoms with Crippen molar-refractivity contribution in [3.8, 4) is 0 Å². The van der Waals surface area contributed by atoms with Crippen molar-refractivity contribution in [2.45, 2.75) is 0 Å². The van der Waals surface area contributed by atoms with Gasteiger partial charge in [0, 0.05) is 10.9 Å². The normalized spacial score (nSPS) is 10.8. The molecule has 0 aliphatic rings. The minimum atomic E-state index is -0.197. The second-order valence-electron chi connectivity index (χ2n) is 4.08. The van der Waals surface area contributed by atoms with Crippen LogP contribution in [-0.4, -0.2) is 5.78 Å². The molecule has 1 heterocycles. The molecule has 1 aromatic heterocycles. The van der Waals surface area contributed by atoms with Gasteiger partial charge in [-0.05, 0) is 18.2 Å². The van der Waals surface area contributed by atoms with E-state index in [4.69, 9.17) is 27.6 Å². The highest BCUT2D eigenvalue weighted by atomic mass is 35.5. The second-order valence-corrected chi connectivity index (χ2v) is 4.86. The van der Waals surface area contributed by atoms with E-state index in [0.717, 1.165) is 5.39 Å². The number of benzene rings is 2. The molecule has 0 spiro atoms. The summed E-state index contributed by atoms with van der Waals surface area (Å²) in [6, 6.07) is 12.4. The highest BCUT2D eigenvalue weighted by Gasteiger charge is 2.18. The molecule has 3 aromatic rings. The third-order valence-electron chi connectivity index (χ3n) is 2.92. The number of ketones is 1. The van der Waals surface area contributed by atoms with E-state index in [0.29, 0.717) is 21.7 Å². The van der Waals surface area contributed by atoms with Gasteiger partial charge in [0.25, 0.3) is 0 Å². The quantitative estimate of drug-likeness (QED) is 0.624. The molecule has 0 bridgehead atoms. The lowest BCUT2D eigenvalue weighted by atomic mass is 10.0. The summed E-state index contributed by atoms with van der Waals surface area (Å²) in [5, 5.41) is 1.39. The van der Waals surface area contributed by atoms with Gasteiger partial charge in [0.2, 0.25) is 0 Å². The average Bonchev–Trinajstić information content (AvgIpc) is 2.85. The Kier molecular flexibility index (Phi) is 3.05. The number of halogens is 2. The Hall–Kier alpha value is -1.77. The Bertz CT molecular complexity index is 775. The van der Waals surface area contributed by atoms with Gasteiger partial charge in [-0.25, -0.2) is 0 Å². The molecule has 0 saturated carbocycles. The van der Waals surface area contributed by atoms with Crippen molar-refractivity contribution in [2.24, 2.45) is 0 Å². The van der Waals surface area contributed by atoms with Crippen LogP contribution in [0.5, 0.6) is 0 Å². The second kappa shape index (κ2) is 4.72. The van der Waals surface area contributed by atoms with Gasteiger partial charge >= 0.3 is 0 Å². The number of fused-ring (bicyclic) bond motifs is 1. The van der Waals surface area contributed by atoms with Gasteiger partial charge in [-0.2, -0.15) is 0 Å². The third kappa shape index (κ3) is 2.03. The summed E-state index contributed by atoms with van der Waals surface area (Å²) in [5.74, 6) is -0.197. The van der Waals surface area contributed by atoms with Crippen molar-refractivity contribution in [2.75, 3.05) is 0 Å². The van der Waals surface area contributed by atoms with Gasteiger partial charge in [0.1, 0.15) is 11.8 Å². The molecular formula is C15H8Cl2O2. The molecule has 94 valence electrons. The monoisotopic (exact) mass is 290 g/mol. The van der Waals surface area contributed by atoms with Gasteiger partial charge in [-0.1, -0.05) is 47.5 Å². The fourth-order valence-corrected chi connectivity index (χ4v) is 2.36. The summed E-state index contributed by atoms with van der Waals surface area (Å²) in [6.07, 6.45) is 1.45. The fraction of sp³-hybridized carbons (Fsp3) is 0. The third-order valence-corrected chi connectivity index (χ3v) is 3.74. The van der Waals surface area contributed by atoms with Crippen molar-refractivity contribution in [1.29, 1.82) is 0 Å². The maximum Gasteiger partial charge on any atom is 0.198 e. The van der Waals surface area contributed by atoms with Crippen molar-refractivity contribution in [1.82, 2.24) is 0 Å². The number of furan rings is 1. The van der Waals surface area contributed by atoms with Crippen LogP contribution in [0, 0.1) is 0 Å². The van der Waals surface area contributed by atoms with Crippen LogP contribution in [0.4, 0.5) is 0 Å². The molecule has 0 aliphatic carbocycles. The van der Waals surface area contributed by atoms with E-state index >= 15 is 0 Å². The van der Waals surface area contributed by atoms with Gasteiger partial charge in [-0.15, -0.1) is 0 Å². The molecule has 0 unspecified atom stereocenters. The first-order valence-corrected chi connectivity index (χ1v) is 6.39. The number of hydrogen-bond donors (Lipinski definition) is 0. The maximum atomic E-state index is 12.5. The van der Waals surface area contributed by atoms with Crippen LogP contribution in [-0.2, 0) is 0 Å². The lowest BCUT2D eigenvalue weighted by Crippen LogP contribution is -2.01. The minimum absolute atomic E-state index is 0.197. The molecule has 0 fully saturated rings. The first-order valence-electron chi connectivity index (χ1n) is 5.63. The first kappa shape index (κ1) is 12.3. The molecule has 3 rings (SSSR count). The Morgan fingerprint density at radius 2 is 1.74 bits per heavy atom. The highest BCUT2D eigenvalue weighted by Crippen LogP contribution is 2.30. The summed E-state index contributed by atoms with van der Waals surface area (Å²) in [6.45, 7) is 0. The van der Waals surface area contributed by atoms with E-state index in [9.17, 15) is 4.79 Å². The number of rotatable bonds is 2. The first-order chi connectivity index (χ1) is 9.18. The van der Waals surface area contributed by atoms with Crippen molar-refractivity contribution >= 4 is 40.0 Å². The predicted molar refractivity (Wildman–Crippen MR) is 76.1 cm³/mol. The molecule has 0 radical (unpaired) electrons. The lowest BCUT2D eigenvalue weighted by Gasteiger charge is -2.03. The van der Waals surface area contributed by atoms with Crippen LogP contribution in [0.25, 0.3) is 11.0 Å². The molecule has 0 amide bonds. The van der Waals surface area contributed by atoms with Crippen molar-refractivity contribution < 1.29 is 9.21 Å². The Balaban J connectivity index is 2.17. The number of carbonyl (C=O) groups is 1. The van der Waals surface area contributed by atoms with Crippen LogP contribution in [0.15, 0.2) is 53.1 Å². The summed E-state index contributed by atoms with van der Waals surface area (Å²) in [5.41, 5.74) is 1.53. The van der Waals surface area contributed by atoms with Crippen molar-refractivity contribution in [3.05, 3.63) is 69.9 Å². The smallest absolute Gasteiger partial charge is 0.198 e. The highest BCUT2D eigenvalue weighted by molar-refractivity contribution is 6.44. The summed E-state index contributed by atoms with van der Waals surface area (Å²) in [4.78, 5) is 12.5. The van der Waals surface area contributed by atoms with Gasteiger partial charge in [0.15, 0.2) is 5.78 Å². The number of carbonyl (C=O) groups excluding carboxylic acids is 1. The molecule has 2 nitrogen and oxygen atoms in total. The number of hydrogen-bond acceptors (Lipinski definition) is 2. The Morgan fingerprint density at radius 1 is 0.947 bits per heavy atom. The zero-order chi connectivity index (χ0) is 13.4. The summed E-state index contributed by atoms with van der Waals surface area (Å²) < 4.78 is 5.36. The molecule has 0 aliphatic heterocycles. The topological polar surface area (TPSA) is 30.2 Å². The SMILES string of the molecule is O=C(c1cccc(Cl)c1Cl)c1coc2ccccc12. The van der Waals surface area contributed by atoms with Crippen molar-refractivity contribution in [3.63, 3.8) is 0 Å².